The van der Waals surface area contributed by atoms with Gasteiger partial charge < -0.3 is 9.64 Å². The Morgan fingerprint density at radius 3 is 2.36 bits per heavy atom. The van der Waals surface area contributed by atoms with Gasteiger partial charge in [-0.3, -0.25) is 4.79 Å². The topological polar surface area (TPSA) is 101 Å². The number of anilines is 1. The maximum atomic E-state index is 13.7. The second-order valence-electron chi connectivity index (χ2n) is 14.1. The standard InChI is InChI=1S/C35H44N4O4S/c1-21(2)13-25-20-43-30-15-29(31-22(3)9-7-10-23(31)4)36-34(37-30)38-44(41,42)28-12-8-11-24(14-28)32(25)26-16-35(17-26)18-27(19-35)33(40)39(5)6/h7-12,14-15,21,25-27,32H,13,16-20H2,1-6H3,(H,36,37,38)/t25-,26?,27?,32?,35?/m1/s1. The molecule has 1 N–H and O–H groups in total. The molecule has 1 aromatic heterocycles. The van der Waals surface area contributed by atoms with Crippen LogP contribution in [0.5, 0.6) is 5.88 Å². The molecule has 2 saturated carbocycles. The number of aryl methyl sites for hydroxylation is 2. The third kappa shape index (κ3) is 5.83. The van der Waals surface area contributed by atoms with Gasteiger partial charge in [-0.25, -0.2) is 18.1 Å². The first-order chi connectivity index (χ1) is 20.8. The molecule has 234 valence electrons. The maximum Gasteiger partial charge on any atom is 0.264 e. The number of fused-ring (bicyclic) bond motifs is 4. The number of aromatic nitrogens is 2. The second kappa shape index (κ2) is 11.5. The Balaban J connectivity index is 1.37. The van der Waals surface area contributed by atoms with Crippen LogP contribution >= 0.6 is 0 Å². The van der Waals surface area contributed by atoms with Gasteiger partial charge in [0.25, 0.3) is 10.0 Å². The van der Waals surface area contributed by atoms with Crippen molar-refractivity contribution >= 4 is 21.9 Å². The molecule has 3 aromatic rings. The molecule has 9 heteroatoms. The first-order valence-electron chi connectivity index (χ1n) is 15.8. The minimum Gasteiger partial charge on any atom is -0.477 e. The summed E-state index contributed by atoms with van der Waals surface area (Å²) < 4.78 is 36.6. The monoisotopic (exact) mass is 616 g/mol. The van der Waals surface area contributed by atoms with Crippen LogP contribution in [0.2, 0.25) is 0 Å². The zero-order valence-electron chi connectivity index (χ0n) is 26.6. The Labute approximate surface area is 261 Å². The molecule has 3 aliphatic rings. The molecule has 1 unspecified atom stereocenters. The minimum atomic E-state index is -3.96. The predicted molar refractivity (Wildman–Crippen MR) is 172 cm³/mol. The molecule has 44 heavy (non-hydrogen) atoms. The summed E-state index contributed by atoms with van der Waals surface area (Å²) in [5, 5.41) is 0. The average Bonchev–Trinajstić information content (AvgIpc) is 2.90. The Bertz CT molecular complexity index is 1650. The summed E-state index contributed by atoms with van der Waals surface area (Å²) >= 11 is 0. The lowest BCUT2D eigenvalue weighted by molar-refractivity contribution is -0.150. The van der Waals surface area contributed by atoms with Gasteiger partial charge in [0.1, 0.15) is 0 Å². The summed E-state index contributed by atoms with van der Waals surface area (Å²) in [6.07, 6.45) is 4.93. The van der Waals surface area contributed by atoms with E-state index < -0.39 is 10.0 Å². The lowest BCUT2D eigenvalue weighted by Crippen LogP contribution is -2.53. The Morgan fingerprint density at radius 1 is 1.02 bits per heavy atom. The quantitative estimate of drug-likeness (QED) is 0.347. The van der Waals surface area contributed by atoms with Crippen molar-refractivity contribution in [2.24, 2.45) is 29.1 Å². The summed E-state index contributed by atoms with van der Waals surface area (Å²) in [5.41, 5.74) is 4.90. The molecule has 1 amide bonds. The summed E-state index contributed by atoms with van der Waals surface area (Å²) in [7, 11) is -0.292. The minimum absolute atomic E-state index is 0.00386. The number of rotatable bonds is 5. The van der Waals surface area contributed by atoms with E-state index >= 15 is 0 Å². The van der Waals surface area contributed by atoms with Gasteiger partial charge >= 0.3 is 0 Å². The first kappa shape index (κ1) is 30.6. The van der Waals surface area contributed by atoms with E-state index in [2.05, 4.69) is 34.6 Å². The Morgan fingerprint density at radius 2 is 1.70 bits per heavy atom. The number of carbonyl (C=O) groups is 1. The van der Waals surface area contributed by atoms with Crippen molar-refractivity contribution in [3.05, 3.63) is 65.2 Å². The van der Waals surface area contributed by atoms with Crippen LogP contribution in [-0.4, -0.2) is 49.9 Å². The van der Waals surface area contributed by atoms with Crippen molar-refractivity contribution < 1.29 is 17.9 Å². The number of nitrogens with zero attached hydrogens (tertiary/aromatic N) is 3. The highest BCUT2D eigenvalue weighted by atomic mass is 32.2. The largest absolute Gasteiger partial charge is 0.477 e. The second-order valence-corrected chi connectivity index (χ2v) is 15.8. The summed E-state index contributed by atoms with van der Waals surface area (Å²) in [6, 6.07) is 15.3. The number of hydrogen-bond acceptors (Lipinski definition) is 6. The molecular formula is C35H44N4O4S. The van der Waals surface area contributed by atoms with Gasteiger partial charge in [0.2, 0.25) is 17.7 Å². The van der Waals surface area contributed by atoms with Gasteiger partial charge in [0.05, 0.1) is 17.2 Å². The summed E-state index contributed by atoms with van der Waals surface area (Å²) in [6.45, 7) is 8.97. The van der Waals surface area contributed by atoms with Gasteiger partial charge in [-0.2, -0.15) is 4.98 Å². The van der Waals surface area contributed by atoms with Gasteiger partial charge in [0.15, 0.2) is 0 Å². The lowest BCUT2D eigenvalue weighted by Gasteiger charge is -2.60. The third-order valence-corrected chi connectivity index (χ3v) is 11.3. The fraction of sp³-hybridized carbons (Fsp3) is 0.514. The summed E-state index contributed by atoms with van der Waals surface area (Å²) in [5.74, 6) is 1.80. The molecular weight excluding hydrogens is 572 g/mol. The third-order valence-electron chi connectivity index (χ3n) is 9.99. The molecule has 2 aliphatic carbocycles. The number of carbonyl (C=O) groups excluding carboxylic acids is 1. The van der Waals surface area contributed by atoms with Crippen molar-refractivity contribution in [1.82, 2.24) is 14.9 Å². The molecule has 2 heterocycles. The van der Waals surface area contributed by atoms with Crippen molar-refractivity contribution in [2.45, 2.75) is 70.6 Å². The van der Waals surface area contributed by atoms with Crippen LogP contribution in [0.25, 0.3) is 11.3 Å². The fourth-order valence-electron chi connectivity index (χ4n) is 8.17. The molecule has 1 spiro atoms. The number of benzene rings is 2. The molecule has 0 saturated heterocycles. The maximum absolute atomic E-state index is 13.7. The molecule has 2 fully saturated rings. The normalized spacial score (nSPS) is 27.2. The van der Waals surface area contributed by atoms with E-state index in [9.17, 15) is 13.2 Å². The van der Waals surface area contributed by atoms with Crippen LogP contribution in [0.15, 0.2) is 53.4 Å². The van der Waals surface area contributed by atoms with Crippen LogP contribution in [0.3, 0.4) is 0 Å². The van der Waals surface area contributed by atoms with Crippen molar-refractivity contribution in [2.75, 3.05) is 25.4 Å². The van der Waals surface area contributed by atoms with Crippen LogP contribution in [0, 0.1) is 42.9 Å². The van der Waals surface area contributed by atoms with E-state index in [1.807, 2.05) is 64.3 Å². The van der Waals surface area contributed by atoms with Crippen molar-refractivity contribution in [3.63, 3.8) is 0 Å². The van der Waals surface area contributed by atoms with Crippen LogP contribution in [-0.2, 0) is 14.8 Å². The molecule has 4 bridgehead atoms. The van der Waals surface area contributed by atoms with E-state index in [1.54, 1.807) is 11.0 Å². The van der Waals surface area contributed by atoms with Crippen LogP contribution in [0.1, 0.15) is 68.6 Å². The molecule has 0 radical (unpaired) electrons. The van der Waals surface area contributed by atoms with Gasteiger partial charge in [-0.05, 0) is 97.9 Å². The Kier molecular flexibility index (Phi) is 7.97. The smallest absolute Gasteiger partial charge is 0.264 e. The van der Waals surface area contributed by atoms with E-state index in [0.717, 1.165) is 54.4 Å². The number of hydrogen-bond donors (Lipinski definition) is 1. The number of ether oxygens (including phenoxy) is 1. The highest BCUT2D eigenvalue weighted by Gasteiger charge is 2.57. The highest BCUT2D eigenvalue weighted by Crippen LogP contribution is 2.65. The zero-order valence-corrected chi connectivity index (χ0v) is 27.4. The summed E-state index contributed by atoms with van der Waals surface area (Å²) in [4.78, 5) is 23.7. The van der Waals surface area contributed by atoms with E-state index in [4.69, 9.17) is 4.74 Å². The molecule has 2 atom stereocenters. The van der Waals surface area contributed by atoms with E-state index in [-0.39, 0.29) is 39.9 Å². The highest BCUT2D eigenvalue weighted by molar-refractivity contribution is 7.92. The average molecular weight is 617 g/mol. The first-order valence-corrected chi connectivity index (χ1v) is 17.2. The molecule has 2 aromatic carbocycles. The molecule has 8 nitrogen and oxygen atoms in total. The van der Waals surface area contributed by atoms with Crippen molar-refractivity contribution in [3.8, 4) is 17.1 Å². The van der Waals surface area contributed by atoms with E-state index in [1.165, 1.54) is 0 Å². The van der Waals surface area contributed by atoms with Gasteiger partial charge in [-0.15, -0.1) is 0 Å². The molecule has 1 aliphatic heterocycles. The lowest BCUT2D eigenvalue weighted by atomic mass is 9.45. The zero-order chi connectivity index (χ0) is 31.4. The molecule has 6 rings (SSSR count). The Hall–Kier alpha value is -3.46. The van der Waals surface area contributed by atoms with Crippen molar-refractivity contribution in [1.29, 1.82) is 0 Å². The van der Waals surface area contributed by atoms with Crippen LogP contribution in [0.4, 0.5) is 5.95 Å². The van der Waals surface area contributed by atoms with Gasteiger partial charge in [-0.1, -0.05) is 44.2 Å². The van der Waals surface area contributed by atoms with E-state index in [0.29, 0.717) is 30.0 Å². The van der Waals surface area contributed by atoms with Crippen LogP contribution < -0.4 is 9.46 Å². The number of nitrogens with one attached hydrogen (secondary N) is 1. The SMILES string of the molecule is Cc1cccc(C)c1-c1cc2nc(n1)NS(=O)(=O)c1cccc(c1)C(C1CC3(CC(C(=O)N(C)C)C3)C1)[C@H](CC(C)C)CO2. The number of amides is 1. The fourth-order valence-corrected chi connectivity index (χ4v) is 9.17. The van der Waals surface area contributed by atoms with Gasteiger partial charge in [0, 0.05) is 37.6 Å². The number of sulfonamides is 1. The predicted octanol–water partition coefficient (Wildman–Crippen LogP) is 6.59.